The highest BCUT2D eigenvalue weighted by Crippen LogP contribution is 2.43. The normalized spacial score (nSPS) is 21.3. The molecule has 3 rings (SSSR count). The molecule has 0 aromatic heterocycles. The van der Waals surface area contributed by atoms with Crippen LogP contribution in [0, 0.1) is 0 Å². The number of nitrogens with zero attached hydrogens (tertiary/aromatic N) is 1. The zero-order valence-corrected chi connectivity index (χ0v) is 14.7. The summed E-state index contributed by atoms with van der Waals surface area (Å²) >= 11 is 12.5. The SMILES string of the molecule is CC1=C(C(=O)[O-])C(c2cccc(Cl)c2Cl)C(N2CNCO2)=C(C)N1. The Morgan fingerprint density at radius 2 is 2.08 bits per heavy atom. The zero-order chi connectivity index (χ0) is 17.4. The minimum Gasteiger partial charge on any atom is -0.545 e. The Labute approximate surface area is 149 Å². The standard InChI is InChI=1S/C16H17Cl2N3O3/c1-8-12(16(22)23)13(10-4-3-5-11(17)14(10)18)15(9(2)20-8)21-6-19-7-24-21/h3-5,13,19-20H,6-7H2,1-2H3,(H,22,23)/p-1. The number of dihydropyridines is 1. The molecule has 2 N–H and O–H groups in total. The molecule has 1 fully saturated rings. The summed E-state index contributed by atoms with van der Waals surface area (Å²) in [6, 6.07) is 5.16. The molecule has 1 unspecified atom stereocenters. The second-order valence-electron chi connectivity index (χ2n) is 5.60. The summed E-state index contributed by atoms with van der Waals surface area (Å²) in [6.45, 7) is 4.33. The molecule has 6 nitrogen and oxygen atoms in total. The molecule has 2 aliphatic heterocycles. The van der Waals surface area contributed by atoms with Gasteiger partial charge in [0.2, 0.25) is 0 Å². The molecule has 128 valence electrons. The van der Waals surface area contributed by atoms with Gasteiger partial charge in [0, 0.05) is 17.0 Å². The van der Waals surface area contributed by atoms with Crippen molar-refractivity contribution in [1.82, 2.24) is 15.7 Å². The summed E-state index contributed by atoms with van der Waals surface area (Å²) in [6.07, 6.45) is 0. The monoisotopic (exact) mass is 368 g/mol. The molecule has 1 saturated heterocycles. The molecular weight excluding hydrogens is 353 g/mol. The molecular formula is C16H16Cl2N3O3-. The number of rotatable bonds is 3. The molecule has 2 aliphatic rings. The maximum atomic E-state index is 11.8. The molecule has 1 aromatic rings. The van der Waals surface area contributed by atoms with Gasteiger partial charge < -0.3 is 15.2 Å². The molecule has 0 spiro atoms. The van der Waals surface area contributed by atoms with Gasteiger partial charge >= 0.3 is 0 Å². The number of carbonyl (C=O) groups is 1. The lowest BCUT2D eigenvalue weighted by atomic mass is 9.83. The van der Waals surface area contributed by atoms with E-state index < -0.39 is 11.9 Å². The van der Waals surface area contributed by atoms with Crippen LogP contribution in [-0.4, -0.2) is 24.4 Å². The number of aliphatic carboxylic acids is 1. The highest BCUT2D eigenvalue weighted by atomic mass is 35.5. The quantitative estimate of drug-likeness (QED) is 0.845. The minimum absolute atomic E-state index is 0.107. The lowest BCUT2D eigenvalue weighted by molar-refractivity contribution is -0.299. The van der Waals surface area contributed by atoms with Crippen LogP contribution in [0.15, 0.2) is 40.9 Å². The summed E-state index contributed by atoms with van der Waals surface area (Å²) in [5.41, 5.74) is 2.64. The van der Waals surface area contributed by atoms with Crippen molar-refractivity contribution >= 4 is 29.2 Å². The van der Waals surface area contributed by atoms with Crippen LogP contribution in [0.4, 0.5) is 0 Å². The summed E-state index contributed by atoms with van der Waals surface area (Å²) in [5, 5.41) is 20.3. The number of carbonyl (C=O) groups excluding carboxylic acids is 1. The van der Waals surface area contributed by atoms with Crippen LogP contribution in [0.2, 0.25) is 10.0 Å². The molecule has 0 saturated carbocycles. The minimum atomic E-state index is -1.27. The van der Waals surface area contributed by atoms with Gasteiger partial charge in [-0.1, -0.05) is 35.3 Å². The van der Waals surface area contributed by atoms with Crippen molar-refractivity contribution < 1.29 is 14.7 Å². The van der Waals surface area contributed by atoms with Gasteiger partial charge in [-0.3, -0.25) is 10.2 Å². The number of allylic oxidation sites excluding steroid dienone is 3. The third kappa shape index (κ3) is 2.86. The van der Waals surface area contributed by atoms with E-state index in [0.29, 0.717) is 40.4 Å². The van der Waals surface area contributed by atoms with Gasteiger partial charge in [0.15, 0.2) is 0 Å². The molecule has 1 aromatic carbocycles. The van der Waals surface area contributed by atoms with Crippen molar-refractivity contribution in [2.45, 2.75) is 19.8 Å². The molecule has 8 heteroatoms. The van der Waals surface area contributed by atoms with Crippen molar-refractivity contribution in [2.24, 2.45) is 0 Å². The van der Waals surface area contributed by atoms with Crippen molar-refractivity contribution in [3.8, 4) is 0 Å². The molecule has 0 aliphatic carbocycles. The third-order valence-electron chi connectivity index (χ3n) is 4.08. The first-order valence-electron chi connectivity index (χ1n) is 7.36. The summed E-state index contributed by atoms with van der Waals surface area (Å²) in [5.74, 6) is -1.92. The predicted octanol–water partition coefficient (Wildman–Crippen LogP) is 1.69. The van der Waals surface area contributed by atoms with Crippen molar-refractivity contribution in [2.75, 3.05) is 13.4 Å². The lowest BCUT2D eigenvalue weighted by Gasteiger charge is -2.36. The van der Waals surface area contributed by atoms with Crippen LogP contribution >= 0.6 is 23.2 Å². The number of hydrogen-bond acceptors (Lipinski definition) is 6. The van der Waals surface area contributed by atoms with E-state index >= 15 is 0 Å². The van der Waals surface area contributed by atoms with Gasteiger partial charge in [-0.15, -0.1) is 0 Å². The average Bonchev–Trinajstić information content (AvgIpc) is 3.02. The number of hydrogen-bond donors (Lipinski definition) is 2. The number of hydroxylamine groups is 2. The number of carboxylic acid groups (broad SMARTS) is 1. The Morgan fingerprint density at radius 1 is 1.33 bits per heavy atom. The van der Waals surface area contributed by atoms with E-state index in [4.69, 9.17) is 28.0 Å². The van der Waals surface area contributed by atoms with Crippen LogP contribution < -0.4 is 15.7 Å². The fourth-order valence-corrected chi connectivity index (χ4v) is 3.52. The lowest BCUT2D eigenvalue weighted by Crippen LogP contribution is -2.39. The first kappa shape index (κ1) is 17.1. The third-order valence-corrected chi connectivity index (χ3v) is 4.92. The molecule has 0 radical (unpaired) electrons. The average molecular weight is 369 g/mol. The second-order valence-corrected chi connectivity index (χ2v) is 6.38. The number of halogens is 2. The topological polar surface area (TPSA) is 76.7 Å². The van der Waals surface area contributed by atoms with Crippen LogP contribution in [0.5, 0.6) is 0 Å². The molecule has 2 heterocycles. The largest absolute Gasteiger partial charge is 0.545 e. The molecule has 24 heavy (non-hydrogen) atoms. The Balaban J connectivity index is 2.21. The number of nitrogens with one attached hydrogen (secondary N) is 2. The summed E-state index contributed by atoms with van der Waals surface area (Å²) in [7, 11) is 0. The Kier molecular flexibility index (Phi) is 4.73. The van der Waals surface area contributed by atoms with Gasteiger partial charge in [-0.05, 0) is 25.5 Å². The maximum absolute atomic E-state index is 11.8. The Hall–Kier alpha value is -1.73. The van der Waals surface area contributed by atoms with E-state index in [1.807, 2.05) is 6.92 Å². The smallest absolute Gasteiger partial charge is 0.127 e. The second kappa shape index (κ2) is 6.64. The van der Waals surface area contributed by atoms with Crippen LogP contribution in [-0.2, 0) is 9.63 Å². The number of benzene rings is 1. The van der Waals surface area contributed by atoms with Crippen molar-refractivity contribution in [1.29, 1.82) is 0 Å². The van der Waals surface area contributed by atoms with E-state index in [2.05, 4.69) is 10.6 Å². The van der Waals surface area contributed by atoms with Gasteiger partial charge in [0.1, 0.15) is 6.73 Å². The highest BCUT2D eigenvalue weighted by molar-refractivity contribution is 6.42. The van der Waals surface area contributed by atoms with E-state index in [1.54, 1.807) is 30.2 Å². The number of carboxylic acids is 1. The Bertz CT molecular complexity index is 755. The maximum Gasteiger partial charge on any atom is 0.127 e. The fourth-order valence-electron chi connectivity index (χ4n) is 3.10. The molecule has 0 amide bonds. The van der Waals surface area contributed by atoms with Gasteiger partial charge in [0.05, 0.1) is 34.3 Å². The van der Waals surface area contributed by atoms with E-state index in [1.165, 1.54) is 0 Å². The van der Waals surface area contributed by atoms with Crippen LogP contribution in [0.1, 0.15) is 25.3 Å². The van der Waals surface area contributed by atoms with Gasteiger partial charge in [-0.25, -0.2) is 5.06 Å². The first-order chi connectivity index (χ1) is 11.4. The highest BCUT2D eigenvalue weighted by Gasteiger charge is 2.36. The van der Waals surface area contributed by atoms with Crippen LogP contribution in [0.3, 0.4) is 0 Å². The van der Waals surface area contributed by atoms with E-state index in [-0.39, 0.29) is 5.57 Å². The first-order valence-corrected chi connectivity index (χ1v) is 8.12. The summed E-state index contributed by atoms with van der Waals surface area (Å²) < 4.78 is 0. The van der Waals surface area contributed by atoms with Crippen molar-refractivity contribution in [3.05, 3.63) is 56.5 Å². The molecule has 0 bridgehead atoms. The van der Waals surface area contributed by atoms with E-state index in [0.717, 1.165) is 5.70 Å². The Morgan fingerprint density at radius 3 is 2.71 bits per heavy atom. The van der Waals surface area contributed by atoms with E-state index in [9.17, 15) is 9.90 Å². The van der Waals surface area contributed by atoms with Gasteiger partial charge in [-0.2, -0.15) is 0 Å². The fraction of sp³-hybridized carbons (Fsp3) is 0.312. The van der Waals surface area contributed by atoms with Gasteiger partial charge in [0.25, 0.3) is 0 Å². The molecule has 1 atom stereocenters. The van der Waals surface area contributed by atoms with Crippen LogP contribution in [0.25, 0.3) is 0 Å². The van der Waals surface area contributed by atoms with Crippen molar-refractivity contribution in [3.63, 3.8) is 0 Å². The predicted molar refractivity (Wildman–Crippen MR) is 88.5 cm³/mol. The zero-order valence-electron chi connectivity index (χ0n) is 13.2. The summed E-state index contributed by atoms with van der Waals surface area (Å²) in [4.78, 5) is 17.4.